The molecule has 1 saturated carbocycles. The zero-order valence-corrected chi connectivity index (χ0v) is 12.9. The molecule has 1 aliphatic heterocycles. The second-order valence-electron chi connectivity index (χ2n) is 6.10. The molecule has 7 nitrogen and oxygen atoms in total. The molecule has 1 heterocycles. The molecule has 1 saturated heterocycles. The van der Waals surface area contributed by atoms with E-state index in [1.54, 1.807) is 24.3 Å². The number of amides is 1. The summed E-state index contributed by atoms with van der Waals surface area (Å²) in [5, 5.41) is 34.6. The molecule has 1 aromatic rings. The minimum Gasteiger partial charge on any atom is -0.390 e. The summed E-state index contributed by atoms with van der Waals surface area (Å²) in [7, 11) is 1.37. The largest absolute Gasteiger partial charge is 0.390 e. The number of carbonyl (C=O) groups excluding carboxylic acids is 1. The Morgan fingerprint density at radius 2 is 1.96 bits per heavy atom. The third kappa shape index (κ3) is 2.36. The molecular formula is C16H21NO6. The normalized spacial score (nSPS) is 42.5. The second kappa shape index (κ2) is 5.85. The predicted octanol–water partition coefficient (Wildman–Crippen LogP) is -0.887. The van der Waals surface area contributed by atoms with Crippen molar-refractivity contribution < 1.29 is 29.6 Å². The van der Waals surface area contributed by atoms with Crippen molar-refractivity contribution in [1.82, 2.24) is 5.32 Å². The van der Waals surface area contributed by atoms with E-state index in [2.05, 4.69) is 5.32 Å². The van der Waals surface area contributed by atoms with Crippen molar-refractivity contribution in [2.24, 2.45) is 0 Å². The van der Waals surface area contributed by atoms with Gasteiger partial charge in [0.25, 0.3) is 0 Å². The van der Waals surface area contributed by atoms with Gasteiger partial charge in [0, 0.05) is 20.0 Å². The maximum absolute atomic E-state index is 11.4. The Hall–Kier alpha value is -1.51. The highest BCUT2D eigenvalue weighted by Gasteiger charge is 2.71. The summed E-state index contributed by atoms with van der Waals surface area (Å²) in [4.78, 5) is 11.4. The first-order valence-electron chi connectivity index (χ1n) is 7.50. The Morgan fingerprint density at radius 1 is 1.30 bits per heavy atom. The molecule has 126 valence electrons. The smallest absolute Gasteiger partial charge is 0.217 e. The lowest BCUT2D eigenvalue weighted by atomic mass is 9.56. The van der Waals surface area contributed by atoms with E-state index in [4.69, 9.17) is 9.47 Å². The number of hydrogen-bond donors (Lipinski definition) is 4. The van der Waals surface area contributed by atoms with Crippen LogP contribution in [0.4, 0.5) is 0 Å². The van der Waals surface area contributed by atoms with Gasteiger partial charge in [0.2, 0.25) is 5.91 Å². The lowest BCUT2D eigenvalue weighted by Crippen LogP contribution is -2.82. The Bertz CT molecular complexity index is 581. The third-order valence-electron chi connectivity index (χ3n) is 4.75. The fourth-order valence-electron chi connectivity index (χ4n) is 3.70. The van der Waals surface area contributed by atoms with E-state index in [-0.39, 0.29) is 5.91 Å². The van der Waals surface area contributed by atoms with Gasteiger partial charge in [-0.2, -0.15) is 0 Å². The minimum atomic E-state index is -1.71. The number of aliphatic hydroxyl groups is 3. The quantitative estimate of drug-likeness (QED) is 0.575. The molecule has 0 bridgehead atoms. The molecule has 7 atom stereocenters. The molecule has 1 amide bonds. The Kier molecular flexibility index (Phi) is 4.16. The van der Waals surface area contributed by atoms with E-state index in [1.165, 1.54) is 14.0 Å². The van der Waals surface area contributed by atoms with Gasteiger partial charge < -0.3 is 30.1 Å². The van der Waals surface area contributed by atoms with Crippen LogP contribution in [0, 0.1) is 0 Å². The van der Waals surface area contributed by atoms with E-state index in [9.17, 15) is 20.1 Å². The summed E-state index contributed by atoms with van der Waals surface area (Å²) in [6, 6.07) is 8.01. The molecule has 7 heteroatoms. The molecule has 0 aromatic heterocycles. The molecule has 4 N–H and O–H groups in total. The Balaban J connectivity index is 1.94. The molecule has 1 aliphatic carbocycles. The van der Waals surface area contributed by atoms with Crippen LogP contribution in [-0.4, -0.2) is 64.6 Å². The topological polar surface area (TPSA) is 108 Å². The number of aliphatic hydroxyl groups excluding tert-OH is 2. The van der Waals surface area contributed by atoms with Crippen molar-refractivity contribution >= 4 is 5.91 Å². The van der Waals surface area contributed by atoms with Crippen LogP contribution >= 0.6 is 0 Å². The third-order valence-corrected chi connectivity index (χ3v) is 4.75. The molecule has 2 aliphatic rings. The van der Waals surface area contributed by atoms with Gasteiger partial charge in [-0.3, -0.25) is 4.79 Å². The van der Waals surface area contributed by atoms with Crippen molar-refractivity contribution in [2.45, 2.75) is 49.1 Å². The molecular weight excluding hydrogens is 302 g/mol. The van der Waals surface area contributed by atoms with Crippen molar-refractivity contribution in [3.05, 3.63) is 35.9 Å². The SMILES string of the molecule is COC1O[C@@H]2C(O)C(c3ccccc3)[C@]2(O)[C@H](O)[C@H]1NC(C)=O. The summed E-state index contributed by atoms with van der Waals surface area (Å²) in [6.07, 6.45) is -4.26. The first kappa shape index (κ1) is 16.4. The summed E-state index contributed by atoms with van der Waals surface area (Å²) >= 11 is 0. The van der Waals surface area contributed by atoms with Crippen LogP contribution in [0.25, 0.3) is 0 Å². The van der Waals surface area contributed by atoms with Crippen LogP contribution in [-0.2, 0) is 14.3 Å². The zero-order chi connectivity index (χ0) is 16.8. The van der Waals surface area contributed by atoms with Gasteiger partial charge >= 0.3 is 0 Å². The molecule has 1 aromatic carbocycles. The van der Waals surface area contributed by atoms with Crippen molar-refractivity contribution in [3.63, 3.8) is 0 Å². The summed E-state index contributed by atoms with van der Waals surface area (Å²) in [5.74, 6) is -1.09. The maximum atomic E-state index is 11.4. The average Bonchev–Trinajstić information content (AvgIpc) is 2.53. The van der Waals surface area contributed by atoms with Crippen LogP contribution in [0.1, 0.15) is 18.4 Å². The number of methoxy groups -OCH3 is 1. The fraction of sp³-hybridized carbons (Fsp3) is 0.562. The zero-order valence-electron chi connectivity index (χ0n) is 12.9. The van der Waals surface area contributed by atoms with E-state index in [0.29, 0.717) is 5.56 Å². The summed E-state index contributed by atoms with van der Waals surface area (Å²) in [6.45, 7) is 1.31. The molecule has 0 spiro atoms. The highest BCUT2D eigenvalue weighted by molar-refractivity contribution is 5.73. The fourth-order valence-corrected chi connectivity index (χ4v) is 3.70. The predicted molar refractivity (Wildman–Crippen MR) is 79.4 cm³/mol. The number of carbonyl (C=O) groups is 1. The number of benzene rings is 1. The average molecular weight is 323 g/mol. The molecule has 0 radical (unpaired) electrons. The minimum absolute atomic E-state index is 0.377. The number of nitrogens with one attached hydrogen (secondary N) is 1. The Morgan fingerprint density at radius 3 is 2.52 bits per heavy atom. The number of fused-ring (bicyclic) bond motifs is 1. The number of ether oxygens (including phenoxy) is 2. The van der Waals surface area contributed by atoms with Gasteiger partial charge in [0.05, 0.1) is 6.10 Å². The highest BCUT2D eigenvalue weighted by Crippen LogP contribution is 2.53. The molecule has 23 heavy (non-hydrogen) atoms. The Labute approximate surface area is 133 Å². The van der Waals surface area contributed by atoms with Gasteiger partial charge in [-0.1, -0.05) is 30.3 Å². The highest BCUT2D eigenvalue weighted by atomic mass is 16.7. The maximum Gasteiger partial charge on any atom is 0.217 e. The van der Waals surface area contributed by atoms with E-state index in [1.807, 2.05) is 6.07 Å². The van der Waals surface area contributed by atoms with Gasteiger partial charge in [-0.25, -0.2) is 0 Å². The van der Waals surface area contributed by atoms with Crippen molar-refractivity contribution in [1.29, 1.82) is 0 Å². The van der Waals surface area contributed by atoms with Gasteiger partial charge in [0.1, 0.15) is 23.9 Å². The van der Waals surface area contributed by atoms with Crippen LogP contribution in [0.2, 0.25) is 0 Å². The van der Waals surface area contributed by atoms with Crippen molar-refractivity contribution in [2.75, 3.05) is 7.11 Å². The van der Waals surface area contributed by atoms with E-state index < -0.39 is 42.2 Å². The van der Waals surface area contributed by atoms with Crippen LogP contribution in [0.15, 0.2) is 30.3 Å². The van der Waals surface area contributed by atoms with Crippen LogP contribution in [0.5, 0.6) is 0 Å². The lowest BCUT2D eigenvalue weighted by molar-refractivity contribution is -0.364. The molecule has 2 fully saturated rings. The summed E-state index contributed by atoms with van der Waals surface area (Å²) < 4.78 is 10.7. The second-order valence-corrected chi connectivity index (χ2v) is 6.10. The number of rotatable bonds is 3. The lowest BCUT2D eigenvalue weighted by Gasteiger charge is -2.62. The van der Waals surface area contributed by atoms with E-state index >= 15 is 0 Å². The first-order valence-corrected chi connectivity index (χ1v) is 7.50. The monoisotopic (exact) mass is 323 g/mol. The number of hydrogen-bond acceptors (Lipinski definition) is 6. The van der Waals surface area contributed by atoms with E-state index in [0.717, 1.165) is 0 Å². The van der Waals surface area contributed by atoms with Gasteiger partial charge in [0.15, 0.2) is 6.29 Å². The molecule has 3 rings (SSSR count). The first-order chi connectivity index (χ1) is 10.9. The van der Waals surface area contributed by atoms with Crippen LogP contribution < -0.4 is 5.32 Å². The summed E-state index contributed by atoms with van der Waals surface area (Å²) in [5.41, 5.74) is -1.01. The molecule has 3 unspecified atom stereocenters. The van der Waals surface area contributed by atoms with Gasteiger partial charge in [-0.05, 0) is 5.56 Å². The van der Waals surface area contributed by atoms with Gasteiger partial charge in [-0.15, -0.1) is 0 Å². The van der Waals surface area contributed by atoms with Crippen molar-refractivity contribution in [3.8, 4) is 0 Å². The van der Waals surface area contributed by atoms with Crippen LogP contribution in [0.3, 0.4) is 0 Å². The standard InChI is InChI=1S/C16H21NO6/c1-8(18)17-11-13(20)16(21)10(9-6-4-3-5-7-9)12(19)14(16)23-15(11)22-2/h3-7,10-15,19-21H,1-2H3,(H,17,18)/t10?,11-,12?,13-,14-,15?,16+/m1/s1.